The van der Waals surface area contributed by atoms with Crippen molar-refractivity contribution in [3.8, 4) is 11.3 Å². The second-order valence-electron chi connectivity index (χ2n) is 3.90. The minimum absolute atomic E-state index is 0.00541. The van der Waals surface area contributed by atoms with Gasteiger partial charge in [0.25, 0.3) is 10.1 Å². The molecule has 0 aliphatic heterocycles. The summed E-state index contributed by atoms with van der Waals surface area (Å²) < 4.78 is 33.1. The molecular formula is C11H14N3O4S+. The Morgan fingerprint density at radius 3 is 2.68 bits per heavy atom. The van der Waals surface area contributed by atoms with Crippen LogP contribution < -0.4 is 4.57 Å². The van der Waals surface area contributed by atoms with Crippen molar-refractivity contribution in [2.75, 3.05) is 12.9 Å². The first kappa shape index (κ1) is 13.6. The summed E-state index contributed by atoms with van der Waals surface area (Å²) in [7, 11) is -2.21. The van der Waals surface area contributed by atoms with E-state index < -0.39 is 10.1 Å². The molecule has 19 heavy (non-hydrogen) atoms. The highest BCUT2D eigenvalue weighted by Gasteiger charge is 2.11. The second-order valence-corrected chi connectivity index (χ2v) is 5.76. The van der Waals surface area contributed by atoms with Crippen molar-refractivity contribution in [3.05, 3.63) is 30.7 Å². The fourth-order valence-corrected chi connectivity index (χ4v) is 2.23. The van der Waals surface area contributed by atoms with E-state index in [0.717, 1.165) is 5.56 Å². The first-order valence-corrected chi connectivity index (χ1v) is 7.24. The van der Waals surface area contributed by atoms with Gasteiger partial charge in [-0.05, 0) is 5.16 Å². The van der Waals surface area contributed by atoms with Gasteiger partial charge in [0, 0.05) is 24.1 Å². The standard InChI is InChI=1S/C11H14N3O4S/c1-17-19(15,16)8-2-5-14-6-3-10(4-7-14)11-9-12-18-13-11/h3-4,6-7,9H,2,5,8H2,1H3/q+1. The van der Waals surface area contributed by atoms with Crippen molar-refractivity contribution >= 4 is 10.1 Å². The Bertz CT molecular complexity index is 608. The summed E-state index contributed by atoms with van der Waals surface area (Å²) >= 11 is 0. The maximum Gasteiger partial charge on any atom is 0.267 e. The number of rotatable bonds is 6. The van der Waals surface area contributed by atoms with Crippen LogP contribution in [0.25, 0.3) is 11.3 Å². The van der Waals surface area contributed by atoms with Gasteiger partial charge in [0.2, 0.25) is 0 Å². The first-order chi connectivity index (χ1) is 9.11. The Morgan fingerprint density at radius 2 is 2.11 bits per heavy atom. The molecule has 2 heterocycles. The largest absolute Gasteiger partial charge is 0.273 e. The van der Waals surface area contributed by atoms with E-state index in [1.165, 1.54) is 13.3 Å². The molecule has 0 spiro atoms. The van der Waals surface area contributed by atoms with E-state index >= 15 is 0 Å². The van der Waals surface area contributed by atoms with Crippen LogP contribution in [0.1, 0.15) is 6.42 Å². The minimum atomic E-state index is -3.38. The highest BCUT2D eigenvalue weighted by Crippen LogP contribution is 2.12. The Morgan fingerprint density at radius 1 is 1.37 bits per heavy atom. The molecule has 2 aromatic rings. The van der Waals surface area contributed by atoms with Gasteiger partial charge in [-0.25, -0.2) is 9.20 Å². The lowest BCUT2D eigenvalue weighted by atomic mass is 10.2. The molecule has 2 rings (SSSR count). The summed E-state index contributed by atoms with van der Waals surface area (Å²) in [5.41, 5.74) is 1.55. The van der Waals surface area contributed by atoms with Crippen LogP contribution in [0.5, 0.6) is 0 Å². The van der Waals surface area contributed by atoms with Crippen molar-refractivity contribution in [3.63, 3.8) is 0 Å². The molecule has 0 saturated heterocycles. The summed E-state index contributed by atoms with van der Waals surface area (Å²) in [4.78, 5) is 0. The summed E-state index contributed by atoms with van der Waals surface area (Å²) in [6, 6.07) is 3.73. The molecular weight excluding hydrogens is 270 g/mol. The van der Waals surface area contributed by atoms with Gasteiger partial charge >= 0.3 is 0 Å². The molecule has 0 bridgehead atoms. The fraction of sp³-hybridized carbons (Fsp3) is 0.364. The van der Waals surface area contributed by atoms with Crippen LogP contribution in [0.4, 0.5) is 0 Å². The molecule has 0 unspecified atom stereocenters. The lowest BCUT2D eigenvalue weighted by molar-refractivity contribution is -0.696. The van der Waals surface area contributed by atoms with Gasteiger partial charge in [-0.3, -0.25) is 4.18 Å². The van der Waals surface area contributed by atoms with Crippen LogP contribution in [0.3, 0.4) is 0 Å². The molecule has 0 N–H and O–H groups in total. The van der Waals surface area contributed by atoms with Crippen molar-refractivity contribution in [1.29, 1.82) is 0 Å². The molecule has 0 amide bonds. The minimum Gasteiger partial charge on any atom is -0.273 e. The Labute approximate surface area is 110 Å². The maximum absolute atomic E-state index is 11.1. The predicted molar refractivity (Wildman–Crippen MR) is 65.3 cm³/mol. The van der Waals surface area contributed by atoms with Gasteiger partial charge < -0.3 is 0 Å². The van der Waals surface area contributed by atoms with Crippen LogP contribution in [-0.2, 0) is 20.8 Å². The fourth-order valence-electron chi connectivity index (χ4n) is 1.58. The average molecular weight is 284 g/mol. The second kappa shape index (κ2) is 5.89. The van der Waals surface area contributed by atoms with Gasteiger partial charge in [-0.1, -0.05) is 5.16 Å². The number of aromatic nitrogens is 3. The summed E-state index contributed by atoms with van der Waals surface area (Å²) in [5.74, 6) is 0.00541. The number of hydrogen-bond donors (Lipinski definition) is 0. The topological polar surface area (TPSA) is 86.2 Å². The van der Waals surface area contributed by atoms with E-state index in [9.17, 15) is 8.42 Å². The SMILES string of the molecule is COS(=O)(=O)CCC[n+]1ccc(-c2cnon2)cc1. The van der Waals surface area contributed by atoms with Gasteiger partial charge in [-0.2, -0.15) is 8.42 Å². The zero-order valence-corrected chi connectivity index (χ0v) is 11.2. The third-order valence-electron chi connectivity index (χ3n) is 2.61. The molecule has 0 saturated carbocycles. The van der Waals surface area contributed by atoms with Gasteiger partial charge in [-0.15, -0.1) is 0 Å². The molecule has 0 aliphatic rings. The molecule has 2 aromatic heterocycles. The third-order valence-corrected chi connectivity index (χ3v) is 3.91. The van der Waals surface area contributed by atoms with E-state index in [1.807, 2.05) is 29.1 Å². The van der Waals surface area contributed by atoms with E-state index in [4.69, 9.17) is 0 Å². The molecule has 7 nitrogen and oxygen atoms in total. The molecule has 0 aromatic carbocycles. The molecule has 0 aliphatic carbocycles. The normalized spacial score (nSPS) is 11.6. The highest BCUT2D eigenvalue weighted by atomic mass is 32.2. The van der Waals surface area contributed by atoms with Crippen molar-refractivity contribution < 1.29 is 21.8 Å². The average Bonchev–Trinajstić information content (AvgIpc) is 2.93. The lowest BCUT2D eigenvalue weighted by Gasteiger charge is -1.99. The van der Waals surface area contributed by atoms with Crippen LogP contribution in [0.15, 0.2) is 35.4 Å². The number of aryl methyl sites for hydroxylation is 1. The van der Waals surface area contributed by atoms with E-state index in [1.54, 1.807) is 0 Å². The summed E-state index contributed by atoms with van der Waals surface area (Å²) in [6.45, 7) is 0.597. The lowest BCUT2D eigenvalue weighted by Crippen LogP contribution is -2.33. The predicted octanol–water partition coefficient (Wildman–Crippen LogP) is 0.390. The Balaban J connectivity index is 1.93. The van der Waals surface area contributed by atoms with Crippen LogP contribution in [-0.4, -0.2) is 31.6 Å². The third kappa shape index (κ3) is 3.83. The first-order valence-electron chi connectivity index (χ1n) is 5.66. The molecule has 0 radical (unpaired) electrons. The number of nitrogens with zero attached hydrogens (tertiary/aromatic N) is 3. The molecule has 102 valence electrons. The molecule has 0 atom stereocenters. The Hall–Kier alpha value is -1.80. The van der Waals surface area contributed by atoms with Crippen LogP contribution in [0.2, 0.25) is 0 Å². The molecule has 8 heteroatoms. The van der Waals surface area contributed by atoms with Gasteiger partial charge in [0.15, 0.2) is 12.4 Å². The molecule has 0 fully saturated rings. The van der Waals surface area contributed by atoms with Gasteiger partial charge in [0.1, 0.15) is 12.2 Å². The quantitative estimate of drug-likeness (QED) is 0.563. The van der Waals surface area contributed by atoms with E-state index in [2.05, 4.69) is 19.1 Å². The van der Waals surface area contributed by atoms with Crippen molar-refractivity contribution in [1.82, 2.24) is 10.3 Å². The zero-order chi connectivity index (χ0) is 13.7. The van der Waals surface area contributed by atoms with Crippen molar-refractivity contribution in [2.24, 2.45) is 0 Å². The summed E-state index contributed by atoms with van der Waals surface area (Å²) in [5, 5.41) is 7.26. The van der Waals surface area contributed by atoms with Crippen LogP contribution >= 0.6 is 0 Å². The van der Waals surface area contributed by atoms with E-state index in [-0.39, 0.29) is 5.75 Å². The zero-order valence-electron chi connectivity index (χ0n) is 10.4. The Kier molecular flexibility index (Phi) is 4.23. The highest BCUT2D eigenvalue weighted by molar-refractivity contribution is 7.86. The maximum atomic E-state index is 11.1. The number of pyridine rings is 1. The van der Waals surface area contributed by atoms with Crippen molar-refractivity contribution in [2.45, 2.75) is 13.0 Å². The smallest absolute Gasteiger partial charge is 0.267 e. The van der Waals surface area contributed by atoms with E-state index in [0.29, 0.717) is 18.7 Å². The monoisotopic (exact) mass is 284 g/mol. The number of hydrogen-bond acceptors (Lipinski definition) is 6. The van der Waals surface area contributed by atoms with Crippen LogP contribution in [0, 0.1) is 0 Å². The van der Waals surface area contributed by atoms with Gasteiger partial charge in [0.05, 0.1) is 19.1 Å². The summed E-state index contributed by atoms with van der Waals surface area (Å²) in [6.07, 6.45) is 5.73.